The van der Waals surface area contributed by atoms with E-state index < -0.39 is 0 Å². The first-order valence-electron chi connectivity index (χ1n) is 7.84. The third kappa shape index (κ3) is 2.01. The average Bonchev–Trinajstić information content (AvgIpc) is 3.16. The minimum Gasteiger partial charge on any atom is -0.309 e. The van der Waals surface area contributed by atoms with Gasteiger partial charge in [0, 0.05) is 19.5 Å². The zero-order valence-corrected chi connectivity index (χ0v) is 12.2. The molecule has 0 atom stereocenters. The predicted molar refractivity (Wildman–Crippen MR) is 78.1 cm³/mol. The Labute approximate surface area is 124 Å². The molecule has 0 aromatic heterocycles. The number of rotatable bonds is 2. The van der Waals surface area contributed by atoms with Crippen LogP contribution in [0.2, 0.25) is 0 Å². The van der Waals surface area contributed by atoms with Gasteiger partial charge >= 0.3 is 0 Å². The predicted octanol–water partition coefficient (Wildman–Crippen LogP) is 2.11. The summed E-state index contributed by atoms with van der Waals surface area (Å²) in [6.45, 7) is 2.24. The second-order valence-corrected chi connectivity index (χ2v) is 6.66. The Morgan fingerprint density at radius 3 is 2.67 bits per heavy atom. The molecule has 0 radical (unpaired) electrons. The monoisotopic (exact) mass is 284 g/mol. The number of amides is 2. The summed E-state index contributed by atoms with van der Waals surface area (Å²) in [4.78, 5) is 26.4. The molecule has 4 heteroatoms. The lowest BCUT2D eigenvalue weighted by Crippen LogP contribution is -2.33. The molecule has 2 amide bonds. The summed E-state index contributed by atoms with van der Waals surface area (Å²) in [5, 5.41) is 3.32. The lowest BCUT2D eigenvalue weighted by molar-refractivity contribution is -0.142. The summed E-state index contributed by atoms with van der Waals surface area (Å²) < 4.78 is 0. The van der Waals surface area contributed by atoms with Gasteiger partial charge in [-0.05, 0) is 29.5 Å². The van der Waals surface area contributed by atoms with E-state index in [1.54, 1.807) is 0 Å². The molecule has 1 aliphatic carbocycles. The molecule has 1 aromatic carbocycles. The number of hydrogen-bond donors (Lipinski definition) is 1. The lowest BCUT2D eigenvalue weighted by Gasteiger charge is -2.21. The molecule has 2 heterocycles. The Morgan fingerprint density at radius 2 is 1.86 bits per heavy atom. The Balaban J connectivity index is 1.57. The summed E-state index contributed by atoms with van der Waals surface area (Å²) in [5.74, 6) is 0.0872. The third-order valence-electron chi connectivity index (χ3n) is 5.29. The van der Waals surface area contributed by atoms with Gasteiger partial charge in [0.15, 0.2) is 0 Å². The van der Waals surface area contributed by atoms with E-state index in [1.165, 1.54) is 16.0 Å². The van der Waals surface area contributed by atoms with Crippen molar-refractivity contribution in [2.24, 2.45) is 5.41 Å². The van der Waals surface area contributed by atoms with Crippen molar-refractivity contribution in [3.05, 3.63) is 34.9 Å². The molecule has 1 aromatic rings. The quantitative estimate of drug-likeness (QED) is 0.846. The number of carbonyl (C=O) groups is 2. The van der Waals surface area contributed by atoms with Crippen LogP contribution in [0.4, 0.5) is 0 Å². The SMILES string of the molecule is O=C1CC2(CCCC2)C(=O)N1Cc1ccc2c(c1)CNC2. The number of benzene rings is 1. The van der Waals surface area contributed by atoms with Crippen molar-refractivity contribution in [1.82, 2.24) is 10.2 Å². The Hall–Kier alpha value is -1.68. The molecule has 21 heavy (non-hydrogen) atoms. The van der Waals surface area contributed by atoms with Crippen LogP contribution in [0.25, 0.3) is 0 Å². The number of nitrogens with zero attached hydrogens (tertiary/aromatic N) is 1. The van der Waals surface area contributed by atoms with Gasteiger partial charge in [0.05, 0.1) is 12.0 Å². The lowest BCUT2D eigenvalue weighted by atomic mass is 9.84. The first-order chi connectivity index (χ1) is 10.2. The maximum atomic E-state index is 12.7. The van der Waals surface area contributed by atoms with Crippen molar-refractivity contribution in [3.63, 3.8) is 0 Å². The summed E-state index contributed by atoms with van der Waals surface area (Å²) in [5.41, 5.74) is 3.33. The van der Waals surface area contributed by atoms with E-state index in [-0.39, 0.29) is 17.2 Å². The second kappa shape index (κ2) is 4.67. The van der Waals surface area contributed by atoms with Crippen LogP contribution in [-0.2, 0) is 29.2 Å². The summed E-state index contributed by atoms with van der Waals surface area (Å²) >= 11 is 0. The Morgan fingerprint density at radius 1 is 1.10 bits per heavy atom. The molecule has 2 fully saturated rings. The highest BCUT2D eigenvalue weighted by Gasteiger charge is 2.52. The second-order valence-electron chi connectivity index (χ2n) is 6.66. The van der Waals surface area contributed by atoms with Crippen LogP contribution in [0, 0.1) is 5.41 Å². The van der Waals surface area contributed by atoms with Gasteiger partial charge in [-0.25, -0.2) is 0 Å². The van der Waals surface area contributed by atoms with E-state index in [0.717, 1.165) is 44.3 Å². The summed E-state index contributed by atoms with van der Waals surface area (Å²) in [7, 11) is 0. The van der Waals surface area contributed by atoms with Crippen LogP contribution >= 0.6 is 0 Å². The number of nitrogens with one attached hydrogen (secondary N) is 1. The van der Waals surface area contributed by atoms with Gasteiger partial charge in [-0.15, -0.1) is 0 Å². The maximum Gasteiger partial charge on any atom is 0.236 e. The summed E-state index contributed by atoms with van der Waals surface area (Å²) in [6, 6.07) is 6.29. The molecule has 3 aliphatic rings. The minimum atomic E-state index is -0.352. The van der Waals surface area contributed by atoms with Crippen LogP contribution in [0.5, 0.6) is 0 Å². The van der Waals surface area contributed by atoms with Crippen molar-refractivity contribution >= 4 is 11.8 Å². The van der Waals surface area contributed by atoms with Crippen molar-refractivity contribution in [1.29, 1.82) is 0 Å². The van der Waals surface area contributed by atoms with Gasteiger partial charge in [0.2, 0.25) is 11.8 Å². The van der Waals surface area contributed by atoms with Crippen LogP contribution in [0.15, 0.2) is 18.2 Å². The number of carbonyl (C=O) groups excluding carboxylic acids is 2. The molecular weight excluding hydrogens is 264 g/mol. The molecule has 1 saturated heterocycles. The smallest absolute Gasteiger partial charge is 0.236 e. The molecule has 1 spiro atoms. The van der Waals surface area contributed by atoms with Crippen LogP contribution < -0.4 is 5.32 Å². The fraction of sp³-hybridized carbons (Fsp3) is 0.529. The van der Waals surface area contributed by atoms with Crippen LogP contribution in [0.3, 0.4) is 0 Å². The van der Waals surface area contributed by atoms with Crippen LogP contribution in [0.1, 0.15) is 48.8 Å². The van der Waals surface area contributed by atoms with E-state index in [0.29, 0.717) is 13.0 Å². The molecule has 4 nitrogen and oxygen atoms in total. The first kappa shape index (κ1) is 13.0. The van der Waals surface area contributed by atoms with Crippen molar-refractivity contribution in [3.8, 4) is 0 Å². The zero-order chi connectivity index (χ0) is 14.4. The number of likely N-dealkylation sites (tertiary alicyclic amines) is 1. The van der Waals surface area contributed by atoms with Crippen LogP contribution in [-0.4, -0.2) is 16.7 Å². The highest BCUT2D eigenvalue weighted by atomic mass is 16.2. The van der Waals surface area contributed by atoms with Gasteiger partial charge in [-0.3, -0.25) is 14.5 Å². The van der Waals surface area contributed by atoms with Gasteiger partial charge in [-0.1, -0.05) is 31.0 Å². The first-order valence-corrected chi connectivity index (χ1v) is 7.84. The van der Waals surface area contributed by atoms with Gasteiger partial charge in [0.25, 0.3) is 0 Å². The average molecular weight is 284 g/mol. The Kier molecular flexibility index (Phi) is 2.89. The van der Waals surface area contributed by atoms with Crippen molar-refractivity contribution in [2.45, 2.75) is 51.7 Å². The van der Waals surface area contributed by atoms with Crippen molar-refractivity contribution in [2.75, 3.05) is 0 Å². The fourth-order valence-electron chi connectivity index (χ4n) is 4.09. The summed E-state index contributed by atoms with van der Waals surface area (Å²) in [6.07, 6.45) is 4.37. The third-order valence-corrected chi connectivity index (χ3v) is 5.29. The zero-order valence-electron chi connectivity index (χ0n) is 12.2. The van der Waals surface area contributed by atoms with Gasteiger partial charge in [0.1, 0.15) is 0 Å². The number of fused-ring (bicyclic) bond motifs is 1. The Bertz CT molecular complexity index is 617. The van der Waals surface area contributed by atoms with E-state index >= 15 is 0 Å². The molecule has 110 valence electrons. The largest absolute Gasteiger partial charge is 0.309 e. The highest BCUT2D eigenvalue weighted by molar-refractivity contribution is 6.05. The van der Waals surface area contributed by atoms with Crippen molar-refractivity contribution < 1.29 is 9.59 Å². The number of hydrogen-bond acceptors (Lipinski definition) is 3. The normalized spacial score (nSPS) is 23.3. The van der Waals surface area contributed by atoms with Gasteiger partial charge < -0.3 is 5.32 Å². The van der Waals surface area contributed by atoms with E-state index in [4.69, 9.17) is 0 Å². The minimum absolute atomic E-state index is 0.0144. The standard InChI is InChI=1S/C17H20N2O2/c20-15-8-17(5-1-2-6-17)16(21)19(15)11-12-3-4-13-9-18-10-14(13)7-12/h3-4,7,18H,1-2,5-6,8-11H2. The maximum absolute atomic E-state index is 12.7. The molecule has 4 rings (SSSR count). The van der Waals surface area contributed by atoms with E-state index in [2.05, 4.69) is 17.4 Å². The molecule has 0 bridgehead atoms. The van der Waals surface area contributed by atoms with E-state index in [1.807, 2.05) is 6.07 Å². The molecule has 0 unspecified atom stereocenters. The molecule has 1 N–H and O–H groups in total. The molecule has 2 aliphatic heterocycles. The number of imide groups is 1. The molecular formula is C17H20N2O2. The molecule has 1 saturated carbocycles. The highest BCUT2D eigenvalue weighted by Crippen LogP contribution is 2.47. The van der Waals surface area contributed by atoms with Gasteiger partial charge in [-0.2, -0.15) is 0 Å². The fourth-order valence-corrected chi connectivity index (χ4v) is 4.09. The van der Waals surface area contributed by atoms with E-state index in [9.17, 15) is 9.59 Å². The topological polar surface area (TPSA) is 49.4 Å².